The van der Waals surface area contributed by atoms with E-state index in [4.69, 9.17) is 4.74 Å². The Bertz CT molecular complexity index is 1290. The van der Waals surface area contributed by atoms with Gasteiger partial charge in [-0.1, -0.05) is 12.1 Å². The Hall–Kier alpha value is -4.33. The molecule has 1 unspecified atom stereocenters. The van der Waals surface area contributed by atoms with Crippen LogP contribution in [0.2, 0.25) is 0 Å². The van der Waals surface area contributed by atoms with Crippen molar-refractivity contribution in [3.05, 3.63) is 101 Å². The maximum Gasteiger partial charge on any atom is 0.338 e. The highest BCUT2D eigenvalue weighted by Crippen LogP contribution is 2.41. The maximum absolute atomic E-state index is 13.4. The second-order valence-corrected chi connectivity index (χ2v) is 7.93. The van der Waals surface area contributed by atoms with Crippen molar-refractivity contribution in [2.24, 2.45) is 0 Å². The molecule has 0 spiro atoms. The van der Waals surface area contributed by atoms with Crippen LogP contribution in [0.1, 0.15) is 41.5 Å². The van der Waals surface area contributed by atoms with Gasteiger partial charge >= 0.3 is 5.97 Å². The monoisotopic (exact) mass is 460 g/mol. The number of nitrogens with zero attached hydrogens (tertiary/aromatic N) is 2. The topological polar surface area (TPSA) is 96.8 Å². The van der Waals surface area contributed by atoms with E-state index >= 15 is 0 Å². The first-order chi connectivity index (χ1) is 16.3. The summed E-state index contributed by atoms with van der Waals surface area (Å²) in [6.07, 6.45) is 1.17. The van der Waals surface area contributed by atoms with Crippen LogP contribution in [0, 0.1) is 5.82 Å². The largest absolute Gasteiger partial charge is 0.507 e. The summed E-state index contributed by atoms with van der Waals surface area (Å²) in [7, 11) is 0. The minimum absolute atomic E-state index is 0.176. The third-order valence-corrected chi connectivity index (χ3v) is 5.23. The smallest absolute Gasteiger partial charge is 0.338 e. The van der Waals surface area contributed by atoms with Crippen LogP contribution >= 0.6 is 0 Å². The average Bonchev–Trinajstić information content (AvgIpc) is 3.10. The maximum atomic E-state index is 13.4. The van der Waals surface area contributed by atoms with E-state index in [1.54, 1.807) is 50.2 Å². The number of aliphatic hydroxyl groups excluding tert-OH is 1. The molecule has 1 atom stereocenters. The fourth-order valence-electron chi connectivity index (χ4n) is 3.74. The van der Waals surface area contributed by atoms with Crippen molar-refractivity contribution < 1.29 is 28.6 Å². The van der Waals surface area contributed by atoms with Crippen molar-refractivity contribution in [3.63, 3.8) is 0 Å². The Kier molecular flexibility index (Phi) is 6.23. The minimum Gasteiger partial charge on any atom is -0.507 e. The first kappa shape index (κ1) is 22.8. The Labute approximate surface area is 195 Å². The highest BCUT2D eigenvalue weighted by Gasteiger charge is 2.47. The van der Waals surface area contributed by atoms with Crippen molar-refractivity contribution in [2.75, 3.05) is 4.90 Å². The number of hydrogen-bond acceptors (Lipinski definition) is 6. The molecule has 0 bridgehead atoms. The second-order valence-electron chi connectivity index (χ2n) is 7.93. The molecule has 1 saturated heterocycles. The van der Waals surface area contributed by atoms with E-state index in [2.05, 4.69) is 4.98 Å². The number of hydrogen-bond donors (Lipinski definition) is 1. The number of esters is 1. The third kappa shape index (κ3) is 4.30. The molecular weight excluding hydrogens is 439 g/mol. The zero-order valence-corrected chi connectivity index (χ0v) is 18.4. The van der Waals surface area contributed by atoms with E-state index in [-0.39, 0.29) is 28.5 Å². The van der Waals surface area contributed by atoms with E-state index in [1.807, 2.05) is 0 Å². The van der Waals surface area contributed by atoms with Gasteiger partial charge in [-0.2, -0.15) is 0 Å². The van der Waals surface area contributed by atoms with Gasteiger partial charge in [-0.25, -0.2) is 9.18 Å². The van der Waals surface area contributed by atoms with E-state index in [9.17, 15) is 23.9 Å². The van der Waals surface area contributed by atoms with Crippen LogP contribution in [-0.4, -0.2) is 33.9 Å². The Morgan fingerprint density at radius 2 is 1.76 bits per heavy atom. The lowest BCUT2D eigenvalue weighted by Crippen LogP contribution is -2.30. The number of Topliss-reactive ketones (excluding diaryl/α,β-unsaturated/α-hetero) is 1. The van der Waals surface area contributed by atoms with Crippen LogP contribution in [0.15, 0.2) is 78.5 Å². The molecule has 7 nitrogen and oxygen atoms in total. The molecule has 0 aliphatic carbocycles. The molecule has 4 rings (SSSR count). The second kappa shape index (κ2) is 9.27. The third-order valence-electron chi connectivity index (χ3n) is 5.23. The van der Waals surface area contributed by atoms with E-state index < -0.39 is 35.3 Å². The number of aliphatic hydroxyl groups is 1. The van der Waals surface area contributed by atoms with Crippen molar-refractivity contribution in [2.45, 2.75) is 26.0 Å². The number of benzene rings is 2. The van der Waals surface area contributed by atoms with Gasteiger partial charge in [0.05, 0.1) is 22.9 Å². The zero-order valence-electron chi connectivity index (χ0n) is 18.4. The van der Waals surface area contributed by atoms with Gasteiger partial charge < -0.3 is 9.84 Å². The van der Waals surface area contributed by atoms with Gasteiger partial charge in [-0.05, 0) is 68.4 Å². The van der Waals surface area contributed by atoms with Crippen LogP contribution in [-0.2, 0) is 14.3 Å². The highest BCUT2D eigenvalue weighted by atomic mass is 19.1. The van der Waals surface area contributed by atoms with Gasteiger partial charge in [-0.3, -0.25) is 19.5 Å². The van der Waals surface area contributed by atoms with Crippen molar-refractivity contribution >= 4 is 29.1 Å². The molecule has 1 N–H and O–H groups in total. The van der Waals surface area contributed by atoms with Crippen molar-refractivity contribution in [1.82, 2.24) is 4.98 Å². The van der Waals surface area contributed by atoms with Crippen LogP contribution in [0.4, 0.5) is 10.1 Å². The van der Waals surface area contributed by atoms with Gasteiger partial charge in [0.1, 0.15) is 17.6 Å². The molecule has 1 fully saturated rings. The first-order valence-corrected chi connectivity index (χ1v) is 10.6. The molecule has 2 aromatic carbocycles. The molecular formula is C26H21FN2O5. The number of anilines is 1. The van der Waals surface area contributed by atoms with Crippen LogP contribution in [0.25, 0.3) is 5.76 Å². The number of carbonyl (C=O) groups is 3. The lowest BCUT2D eigenvalue weighted by Gasteiger charge is -2.25. The summed E-state index contributed by atoms with van der Waals surface area (Å²) in [4.78, 5) is 44.2. The van der Waals surface area contributed by atoms with Crippen molar-refractivity contribution in [1.29, 1.82) is 0 Å². The molecule has 1 aliphatic rings. The summed E-state index contributed by atoms with van der Waals surface area (Å²) in [5.74, 6) is -3.36. The highest BCUT2D eigenvalue weighted by molar-refractivity contribution is 6.51. The predicted molar refractivity (Wildman–Crippen MR) is 122 cm³/mol. The molecule has 0 saturated carbocycles. The number of carbonyl (C=O) groups excluding carboxylic acids is 3. The summed E-state index contributed by atoms with van der Waals surface area (Å²) >= 11 is 0. The molecule has 1 aromatic heterocycles. The number of aromatic nitrogens is 1. The SMILES string of the molecule is CC(C)OC(=O)c1cccc(N2C(=O)C(=O)/C(=C(/O)c3ccc(F)cc3)C2c2ccccn2)c1. The summed E-state index contributed by atoms with van der Waals surface area (Å²) in [5, 5.41) is 11.0. The van der Waals surface area contributed by atoms with E-state index in [1.165, 1.54) is 29.3 Å². The summed E-state index contributed by atoms with van der Waals surface area (Å²) in [5.41, 5.74) is 0.779. The fraction of sp³-hybridized carbons (Fsp3) is 0.154. The standard InChI is InChI=1S/C26H21FN2O5/c1-15(2)34-26(33)17-6-5-7-19(14-17)29-22(20-8-3-4-13-28-20)21(24(31)25(29)32)23(30)16-9-11-18(27)12-10-16/h3-15,22,30H,1-2H3/b23-21+. The number of ketones is 1. The van der Waals surface area contributed by atoms with Crippen LogP contribution in [0.3, 0.4) is 0 Å². The number of halogens is 1. The molecule has 172 valence electrons. The minimum atomic E-state index is -1.07. The Morgan fingerprint density at radius 1 is 1.03 bits per heavy atom. The van der Waals surface area contributed by atoms with E-state index in [0.29, 0.717) is 5.69 Å². The lowest BCUT2D eigenvalue weighted by molar-refractivity contribution is -0.132. The number of amides is 1. The Morgan fingerprint density at radius 3 is 2.41 bits per heavy atom. The summed E-state index contributed by atoms with van der Waals surface area (Å²) in [6, 6.07) is 15.0. The number of rotatable bonds is 5. The fourth-order valence-corrected chi connectivity index (χ4v) is 3.74. The molecule has 1 amide bonds. The predicted octanol–water partition coefficient (Wildman–Crippen LogP) is 4.41. The van der Waals surface area contributed by atoms with E-state index in [0.717, 1.165) is 12.1 Å². The normalized spacial score (nSPS) is 17.3. The van der Waals surface area contributed by atoms with Gasteiger partial charge in [0.2, 0.25) is 0 Å². The molecule has 1 aliphatic heterocycles. The van der Waals surface area contributed by atoms with Gasteiger partial charge in [-0.15, -0.1) is 0 Å². The van der Waals surface area contributed by atoms with Gasteiger partial charge in [0.15, 0.2) is 0 Å². The molecule has 8 heteroatoms. The van der Waals surface area contributed by atoms with Crippen LogP contribution in [0.5, 0.6) is 0 Å². The summed E-state index contributed by atoms with van der Waals surface area (Å²) in [6.45, 7) is 3.44. The molecule has 2 heterocycles. The van der Waals surface area contributed by atoms with Crippen LogP contribution < -0.4 is 4.90 Å². The molecule has 0 radical (unpaired) electrons. The number of ether oxygens (including phenoxy) is 1. The average molecular weight is 460 g/mol. The van der Waals surface area contributed by atoms with Gasteiger partial charge in [0.25, 0.3) is 11.7 Å². The number of pyridine rings is 1. The first-order valence-electron chi connectivity index (χ1n) is 10.6. The summed E-state index contributed by atoms with van der Waals surface area (Å²) < 4.78 is 18.6. The zero-order chi connectivity index (χ0) is 24.4. The quantitative estimate of drug-likeness (QED) is 0.262. The molecule has 34 heavy (non-hydrogen) atoms. The Balaban J connectivity index is 1.87. The van der Waals surface area contributed by atoms with Gasteiger partial charge in [0, 0.05) is 17.4 Å². The lowest BCUT2D eigenvalue weighted by atomic mass is 9.98. The van der Waals surface area contributed by atoms with Crippen molar-refractivity contribution in [3.8, 4) is 0 Å². The molecule has 3 aromatic rings.